The van der Waals surface area contributed by atoms with Gasteiger partial charge in [-0.15, -0.1) is 6.58 Å². The van der Waals surface area contributed by atoms with E-state index in [0.717, 1.165) is 46.5 Å². The Morgan fingerprint density at radius 3 is 2.31 bits per heavy atom. The van der Waals surface area contributed by atoms with Gasteiger partial charge in [-0.25, -0.2) is 0 Å². The second-order valence-corrected chi connectivity index (χ2v) is 9.36. The first-order chi connectivity index (χ1) is 17.0. The van der Waals surface area contributed by atoms with Crippen LogP contribution in [0.25, 0.3) is 11.1 Å². The Morgan fingerprint density at radius 2 is 1.66 bits per heavy atom. The molecular weight excluding hydrogens is 436 g/mol. The summed E-state index contributed by atoms with van der Waals surface area (Å²) in [5, 5.41) is 9.44. The van der Waals surface area contributed by atoms with Crippen molar-refractivity contribution in [3.05, 3.63) is 108 Å². The molecule has 3 aromatic rings. The highest BCUT2D eigenvalue weighted by Crippen LogP contribution is 2.42. The van der Waals surface area contributed by atoms with Crippen LogP contribution in [0.2, 0.25) is 0 Å². The lowest BCUT2D eigenvalue weighted by Gasteiger charge is -2.42. The van der Waals surface area contributed by atoms with Crippen LogP contribution >= 0.6 is 0 Å². The van der Waals surface area contributed by atoms with Gasteiger partial charge in [0.2, 0.25) is 0 Å². The van der Waals surface area contributed by atoms with E-state index in [1.807, 2.05) is 42.5 Å². The highest BCUT2D eigenvalue weighted by atomic mass is 16.7. The summed E-state index contributed by atoms with van der Waals surface area (Å²) in [7, 11) is 2.08. The first-order valence-corrected chi connectivity index (χ1v) is 12.2. The normalized spacial score (nSPS) is 22.3. The molecule has 1 aliphatic rings. The van der Waals surface area contributed by atoms with E-state index in [2.05, 4.69) is 61.8 Å². The minimum Gasteiger partial charge on any atom is -0.392 e. The Labute approximate surface area is 208 Å². The molecule has 0 saturated carbocycles. The maximum atomic E-state index is 9.44. The highest BCUT2D eigenvalue weighted by molar-refractivity contribution is 5.64. The minimum atomic E-state index is -0.472. The summed E-state index contributed by atoms with van der Waals surface area (Å²) in [6.45, 7) is 8.18. The maximum Gasteiger partial charge on any atom is 0.184 e. The monoisotopic (exact) mass is 472 g/mol. The van der Waals surface area contributed by atoms with Crippen molar-refractivity contribution >= 4 is 0 Å². The summed E-state index contributed by atoms with van der Waals surface area (Å²) >= 11 is 0. The van der Waals surface area contributed by atoms with Crippen molar-refractivity contribution in [2.45, 2.75) is 38.6 Å². The van der Waals surface area contributed by atoms with Crippen LogP contribution in [0, 0.1) is 5.92 Å². The molecule has 35 heavy (non-hydrogen) atoms. The fourth-order valence-corrected chi connectivity index (χ4v) is 4.64. The van der Waals surface area contributed by atoms with Gasteiger partial charge in [0.05, 0.1) is 18.8 Å². The fraction of sp³-hybridized carbons (Fsp3) is 0.333. The standard InChI is InChI=1S/C30H36N2O3/c1-4-16-32(3)19-28-21(2)29(25-10-8-22(20-33)9-11-25)35-30(34-28)26-14-12-24(13-15-26)27-7-5-6-23(17-27)18-31/h4-15,17,21,28-30,33H,1,16,18-20,31H2,2-3H3/t21-,28+,29+,30+/m0/s1. The molecule has 3 N–H and O–H groups in total. The summed E-state index contributed by atoms with van der Waals surface area (Å²) in [4.78, 5) is 2.22. The average molecular weight is 473 g/mol. The quantitative estimate of drug-likeness (QED) is 0.418. The average Bonchev–Trinajstić information content (AvgIpc) is 2.90. The van der Waals surface area contributed by atoms with Gasteiger partial charge in [0.1, 0.15) is 0 Å². The third-order valence-electron chi connectivity index (χ3n) is 6.73. The molecule has 5 nitrogen and oxygen atoms in total. The number of nitrogens with zero attached hydrogens (tertiary/aromatic N) is 1. The lowest BCUT2D eigenvalue weighted by Crippen LogP contribution is -2.43. The van der Waals surface area contributed by atoms with Crippen molar-refractivity contribution in [3.8, 4) is 11.1 Å². The van der Waals surface area contributed by atoms with Gasteiger partial charge in [-0.3, -0.25) is 0 Å². The molecule has 184 valence electrons. The number of nitrogens with two attached hydrogens (primary N) is 1. The van der Waals surface area contributed by atoms with E-state index in [4.69, 9.17) is 15.2 Å². The number of aliphatic hydroxyl groups is 1. The molecular formula is C30H36N2O3. The molecule has 4 atom stereocenters. The Morgan fingerprint density at radius 1 is 0.943 bits per heavy atom. The van der Waals surface area contributed by atoms with Crippen molar-refractivity contribution in [1.82, 2.24) is 4.90 Å². The van der Waals surface area contributed by atoms with Crippen molar-refractivity contribution in [1.29, 1.82) is 0 Å². The molecule has 3 aromatic carbocycles. The summed E-state index contributed by atoms with van der Waals surface area (Å²) < 4.78 is 13.1. The first-order valence-electron chi connectivity index (χ1n) is 12.2. The Balaban J connectivity index is 1.59. The summed E-state index contributed by atoms with van der Waals surface area (Å²) in [5.74, 6) is 0.150. The van der Waals surface area contributed by atoms with Gasteiger partial charge < -0.3 is 25.2 Å². The molecule has 4 rings (SSSR count). The van der Waals surface area contributed by atoms with Gasteiger partial charge in [0.25, 0.3) is 0 Å². The van der Waals surface area contributed by atoms with E-state index in [0.29, 0.717) is 6.54 Å². The van der Waals surface area contributed by atoms with Crippen LogP contribution in [0.5, 0.6) is 0 Å². The van der Waals surface area contributed by atoms with E-state index in [9.17, 15) is 5.11 Å². The van der Waals surface area contributed by atoms with E-state index in [1.165, 1.54) is 0 Å². The molecule has 0 bridgehead atoms. The van der Waals surface area contributed by atoms with Gasteiger partial charge in [0.15, 0.2) is 6.29 Å². The molecule has 0 aliphatic carbocycles. The third-order valence-corrected chi connectivity index (χ3v) is 6.73. The molecule has 1 heterocycles. The number of hydrogen-bond donors (Lipinski definition) is 2. The van der Waals surface area contributed by atoms with Crippen LogP contribution in [-0.2, 0) is 22.6 Å². The van der Waals surface area contributed by atoms with Crippen LogP contribution in [0.3, 0.4) is 0 Å². The van der Waals surface area contributed by atoms with E-state index < -0.39 is 6.29 Å². The highest BCUT2D eigenvalue weighted by Gasteiger charge is 2.38. The van der Waals surface area contributed by atoms with E-state index in [-0.39, 0.29) is 24.7 Å². The van der Waals surface area contributed by atoms with Crippen molar-refractivity contribution < 1.29 is 14.6 Å². The summed E-state index contributed by atoms with van der Waals surface area (Å²) in [5.41, 5.74) is 12.2. The zero-order valence-electron chi connectivity index (χ0n) is 20.6. The number of rotatable bonds is 9. The topological polar surface area (TPSA) is 68.0 Å². The first kappa shape index (κ1) is 25.3. The molecule has 0 spiro atoms. The third kappa shape index (κ3) is 6.07. The molecule has 1 saturated heterocycles. The number of aliphatic hydroxyl groups excluding tert-OH is 1. The largest absolute Gasteiger partial charge is 0.392 e. The van der Waals surface area contributed by atoms with Crippen LogP contribution in [-0.4, -0.2) is 36.2 Å². The zero-order chi connectivity index (χ0) is 24.8. The molecule has 0 aromatic heterocycles. The summed E-state index contributed by atoms with van der Waals surface area (Å²) in [6.07, 6.45) is 1.30. The second-order valence-electron chi connectivity index (χ2n) is 9.36. The van der Waals surface area contributed by atoms with E-state index in [1.54, 1.807) is 0 Å². The molecule has 1 aliphatic heterocycles. The predicted octanol–water partition coefficient (Wildman–Crippen LogP) is 5.21. The Bertz CT molecular complexity index is 1100. The smallest absolute Gasteiger partial charge is 0.184 e. The van der Waals surface area contributed by atoms with Crippen LogP contribution in [0.1, 0.15) is 41.6 Å². The van der Waals surface area contributed by atoms with Gasteiger partial charge >= 0.3 is 0 Å². The summed E-state index contributed by atoms with van der Waals surface area (Å²) in [6, 6.07) is 24.7. The molecule has 0 unspecified atom stereocenters. The fourth-order valence-electron chi connectivity index (χ4n) is 4.64. The minimum absolute atomic E-state index is 0.0119. The van der Waals surface area contributed by atoms with Crippen molar-refractivity contribution in [2.24, 2.45) is 11.7 Å². The van der Waals surface area contributed by atoms with Gasteiger partial charge in [0, 0.05) is 31.1 Å². The number of benzene rings is 3. The van der Waals surface area contributed by atoms with Gasteiger partial charge in [-0.2, -0.15) is 0 Å². The number of hydrogen-bond acceptors (Lipinski definition) is 5. The molecule has 0 radical (unpaired) electrons. The number of ether oxygens (including phenoxy) is 2. The Kier molecular flexibility index (Phi) is 8.50. The van der Waals surface area contributed by atoms with Crippen molar-refractivity contribution in [3.63, 3.8) is 0 Å². The van der Waals surface area contributed by atoms with E-state index >= 15 is 0 Å². The predicted molar refractivity (Wildman–Crippen MR) is 140 cm³/mol. The Hall–Kier alpha value is -2.80. The molecule has 5 heteroatoms. The molecule has 1 fully saturated rings. The van der Waals surface area contributed by atoms with Crippen molar-refractivity contribution in [2.75, 3.05) is 20.1 Å². The molecule has 0 amide bonds. The zero-order valence-corrected chi connectivity index (χ0v) is 20.6. The van der Waals surface area contributed by atoms with Crippen LogP contribution in [0.4, 0.5) is 0 Å². The van der Waals surface area contributed by atoms with Gasteiger partial charge in [-0.1, -0.05) is 79.7 Å². The second kappa shape index (κ2) is 11.8. The van der Waals surface area contributed by atoms with Gasteiger partial charge in [-0.05, 0) is 40.9 Å². The lowest BCUT2D eigenvalue weighted by atomic mass is 9.90. The number of likely N-dealkylation sites (N-methyl/N-ethyl adjacent to an activating group) is 1. The van der Waals surface area contributed by atoms with Crippen LogP contribution in [0.15, 0.2) is 85.5 Å². The SMILES string of the molecule is C=CCN(C)C[C@H]1O[C@@H](c2ccc(-c3cccc(CN)c3)cc2)O[C@@H](c2ccc(CO)cc2)[C@H]1C. The maximum absolute atomic E-state index is 9.44. The lowest BCUT2D eigenvalue weighted by molar-refractivity contribution is -0.275. The van der Waals surface area contributed by atoms with Crippen LogP contribution < -0.4 is 5.73 Å².